The first-order valence-corrected chi connectivity index (χ1v) is 26.4. The number of esters is 3. The topological polar surface area (TPSA) is 78.9 Å². The van der Waals surface area contributed by atoms with E-state index in [0.717, 1.165) is 116 Å². The lowest BCUT2D eigenvalue weighted by molar-refractivity contribution is -0.167. The molecule has 0 fully saturated rings. The lowest BCUT2D eigenvalue weighted by Gasteiger charge is -2.18. The van der Waals surface area contributed by atoms with Crippen molar-refractivity contribution in [2.45, 2.75) is 258 Å². The molecule has 0 spiro atoms. The van der Waals surface area contributed by atoms with Crippen LogP contribution in [0.4, 0.5) is 0 Å². The van der Waals surface area contributed by atoms with Gasteiger partial charge in [0.05, 0.1) is 0 Å². The van der Waals surface area contributed by atoms with Crippen molar-refractivity contribution in [2.75, 3.05) is 13.2 Å². The molecule has 0 heterocycles. The summed E-state index contributed by atoms with van der Waals surface area (Å²) in [5.74, 6) is -0.916. The Bertz CT molecular complexity index is 1190. The Kier molecular flexibility index (Phi) is 48.9. The van der Waals surface area contributed by atoms with Crippen molar-refractivity contribution >= 4 is 17.9 Å². The molecule has 0 aromatic rings. The van der Waals surface area contributed by atoms with Crippen molar-refractivity contribution in [1.82, 2.24) is 0 Å². The smallest absolute Gasteiger partial charge is 0.306 e. The van der Waals surface area contributed by atoms with Gasteiger partial charge in [-0.15, -0.1) is 0 Å². The Morgan fingerprint density at radius 1 is 0.333 bits per heavy atom. The maximum atomic E-state index is 12.8. The summed E-state index contributed by atoms with van der Waals surface area (Å²) in [5.41, 5.74) is 0. The maximum Gasteiger partial charge on any atom is 0.306 e. The van der Waals surface area contributed by atoms with E-state index in [2.05, 4.69) is 93.7 Å². The first-order chi connectivity index (χ1) is 31.0. The molecular weight excluding hydrogens is 781 g/mol. The van der Waals surface area contributed by atoms with Crippen molar-refractivity contribution in [3.63, 3.8) is 0 Å². The van der Waals surface area contributed by atoms with Crippen LogP contribution in [0.1, 0.15) is 252 Å². The van der Waals surface area contributed by atoms with Gasteiger partial charge in [0, 0.05) is 19.3 Å². The summed E-state index contributed by atoms with van der Waals surface area (Å²) in [4.78, 5) is 37.7. The molecular formula is C57H98O6. The van der Waals surface area contributed by atoms with E-state index in [1.807, 2.05) is 0 Å². The second kappa shape index (κ2) is 51.5. The third-order valence-electron chi connectivity index (χ3n) is 11.2. The fourth-order valence-electron chi connectivity index (χ4n) is 7.23. The monoisotopic (exact) mass is 879 g/mol. The first kappa shape index (κ1) is 59.9. The number of ether oxygens (including phenoxy) is 3. The highest BCUT2D eigenvalue weighted by Gasteiger charge is 2.19. The number of carbonyl (C=O) groups is 3. The summed E-state index contributed by atoms with van der Waals surface area (Å²) in [6.45, 7) is 6.42. The van der Waals surface area contributed by atoms with Gasteiger partial charge in [0.25, 0.3) is 0 Å². The third-order valence-corrected chi connectivity index (χ3v) is 11.2. The fraction of sp³-hybridized carbons (Fsp3) is 0.737. The molecule has 0 aromatic heterocycles. The van der Waals surface area contributed by atoms with Crippen LogP contribution in [0.25, 0.3) is 0 Å². The standard InChI is InChI=1S/C57H98O6/c1-4-7-10-13-15-17-19-21-23-25-27-28-30-31-33-35-37-39-41-44-47-50-56(59)62-53-54(52-61-55(58)49-46-43-12-9-6-3)63-57(60)51-48-45-42-40-38-36-34-32-29-26-24-22-20-18-16-14-11-8-5-2/h7,10,15,17,21-24,27-28,31,33,54H,4-6,8-9,11-14,16,18-20,25-26,29-30,32,34-53H2,1-3H3/b10-7-,17-15-,23-21-,24-22-,28-27-,33-31-. The summed E-state index contributed by atoms with van der Waals surface area (Å²) < 4.78 is 16.7. The predicted molar refractivity (Wildman–Crippen MR) is 270 cm³/mol. The van der Waals surface area contributed by atoms with Crippen molar-refractivity contribution in [3.05, 3.63) is 72.9 Å². The zero-order valence-corrected chi connectivity index (χ0v) is 41.3. The zero-order valence-electron chi connectivity index (χ0n) is 41.3. The molecule has 0 radical (unpaired) electrons. The molecule has 63 heavy (non-hydrogen) atoms. The molecule has 0 amide bonds. The largest absolute Gasteiger partial charge is 0.462 e. The molecule has 6 heteroatoms. The van der Waals surface area contributed by atoms with Crippen LogP contribution in [-0.2, 0) is 28.6 Å². The van der Waals surface area contributed by atoms with E-state index < -0.39 is 6.10 Å². The zero-order chi connectivity index (χ0) is 45.8. The van der Waals surface area contributed by atoms with Gasteiger partial charge in [-0.05, 0) is 89.9 Å². The van der Waals surface area contributed by atoms with E-state index in [4.69, 9.17) is 14.2 Å². The van der Waals surface area contributed by atoms with Crippen LogP contribution in [0.3, 0.4) is 0 Å². The number of hydrogen-bond acceptors (Lipinski definition) is 6. The number of carbonyl (C=O) groups excluding carboxylic acids is 3. The highest BCUT2D eigenvalue weighted by Crippen LogP contribution is 2.14. The van der Waals surface area contributed by atoms with Crippen LogP contribution < -0.4 is 0 Å². The second-order valence-electron chi connectivity index (χ2n) is 17.4. The summed E-state index contributed by atoms with van der Waals surface area (Å²) >= 11 is 0. The summed E-state index contributed by atoms with van der Waals surface area (Å²) in [7, 11) is 0. The predicted octanol–water partition coefficient (Wildman–Crippen LogP) is 17.4. The summed E-state index contributed by atoms with van der Waals surface area (Å²) in [5, 5.41) is 0. The molecule has 0 saturated heterocycles. The minimum atomic E-state index is -0.780. The molecule has 0 aromatic carbocycles. The number of rotatable bonds is 47. The summed E-state index contributed by atoms with van der Waals surface area (Å²) in [6, 6.07) is 0. The van der Waals surface area contributed by atoms with Crippen molar-refractivity contribution < 1.29 is 28.6 Å². The quantitative estimate of drug-likeness (QED) is 0.0262. The maximum absolute atomic E-state index is 12.8. The van der Waals surface area contributed by atoms with Crippen molar-refractivity contribution in [2.24, 2.45) is 0 Å². The van der Waals surface area contributed by atoms with E-state index in [1.165, 1.54) is 96.3 Å². The minimum Gasteiger partial charge on any atom is -0.462 e. The number of unbranched alkanes of at least 4 members (excludes halogenated alkanes) is 24. The average molecular weight is 879 g/mol. The lowest BCUT2D eigenvalue weighted by atomic mass is 10.1. The molecule has 0 bridgehead atoms. The van der Waals surface area contributed by atoms with Crippen LogP contribution in [0.2, 0.25) is 0 Å². The molecule has 1 atom stereocenters. The highest BCUT2D eigenvalue weighted by molar-refractivity contribution is 5.71. The first-order valence-electron chi connectivity index (χ1n) is 26.4. The van der Waals surface area contributed by atoms with E-state index in [1.54, 1.807) is 0 Å². The van der Waals surface area contributed by atoms with Crippen LogP contribution in [0.15, 0.2) is 72.9 Å². The molecule has 1 unspecified atom stereocenters. The Labute approximate surface area is 389 Å². The van der Waals surface area contributed by atoms with Gasteiger partial charge in [0.2, 0.25) is 0 Å². The van der Waals surface area contributed by atoms with Crippen molar-refractivity contribution in [3.8, 4) is 0 Å². The molecule has 0 rings (SSSR count). The Morgan fingerprint density at radius 3 is 0.984 bits per heavy atom. The van der Waals surface area contributed by atoms with E-state index >= 15 is 0 Å². The van der Waals surface area contributed by atoms with E-state index in [9.17, 15) is 14.4 Å². The van der Waals surface area contributed by atoms with E-state index in [-0.39, 0.29) is 31.1 Å². The van der Waals surface area contributed by atoms with Crippen molar-refractivity contribution in [1.29, 1.82) is 0 Å². The van der Waals surface area contributed by atoms with Gasteiger partial charge in [0.15, 0.2) is 6.10 Å². The Morgan fingerprint density at radius 2 is 0.619 bits per heavy atom. The molecule has 0 aliphatic carbocycles. The van der Waals surface area contributed by atoms with Crippen LogP contribution in [-0.4, -0.2) is 37.2 Å². The van der Waals surface area contributed by atoms with Gasteiger partial charge in [-0.2, -0.15) is 0 Å². The molecule has 0 aliphatic heterocycles. The molecule has 6 nitrogen and oxygen atoms in total. The highest BCUT2D eigenvalue weighted by atomic mass is 16.6. The molecule has 0 saturated carbocycles. The second-order valence-corrected chi connectivity index (χ2v) is 17.4. The number of hydrogen-bond donors (Lipinski definition) is 0. The molecule has 362 valence electrons. The van der Waals surface area contributed by atoms with Gasteiger partial charge < -0.3 is 14.2 Å². The SMILES string of the molecule is CC/C=C\C/C=C\C/C=C\C/C=C\C/C=C\CCCCCCCC(=O)OCC(COC(=O)CCCCCCC)OC(=O)CCCCCCCCCCC/C=C\CCCCCCCC. The lowest BCUT2D eigenvalue weighted by Crippen LogP contribution is -2.30. The Balaban J connectivity index is 4.19. The Hall–Kier alpha value is -3.15. The van der Waals surface area contributed by atoms with Gasteiger partial charge in [-0.1, -0.05) is 216 Å². The van der Waals surface area contributed by atoms with Crippen LogP contribution >= 0.6 is 0 Å². The van der Waals surface area contributed by atoms with Gasteiger partial charge in [-0.25, -0.2) is 0 Å². The van der Waals surface area contributed by atoms with Gasteiger partial charge in [-0.3, -0.25) is 14.4 Å². The number of allylic oxidation sites excluding steroid dienone is 12. The van der Waals surface area contributed by atoms with E-state index in [0.29, 0.717) is 19.3 Å². The van der Waals surface area contributed by atoms with Crippen LogP contribution in [0.5, 0.6) is 0 Å². The fourth-order valence-corrected chi connectivity index (χ4v) is 7.23. The average Bonchev–Trinajstić information content (AvgIpc) is 3.28. The molecule has 0 N–H and O–H groups in total. The minimum absolute atomic E-state index is 0.0832. The molecule has 0 aliphatic rings. The van der Waals surface area contributed by atoms with Gasteiger partial charge >= 0.3 is 17.9 Å². The normalized spacial score (nSPS) is 12.6. The van der Waals surface area contributed by atoms with Crippen LogP contribution in [0, 0.1) is 0 Å². The summed E-state index contributed by atoms with van der Waals surface area (Å²) in [6.07, 6.45) is 64.9. The third kappa shape index (κ3) is 49.7. The van der Waals surface area contributed by atoms with Gasteiger partial charge in [0.1, 0.15) is 13.2 Å².